The van der Waals surface area contributed by atoms with Gasteiger partial charge >= 0.3 is 5.97 Å². The Kier molecular flexibility index (Phi) is 13.4. The number of carbonyl (C=O) groups excluding carboxylic acids is 3. The Bertz CT molecular complexity index is 1940. The van der Waals surface area contributed by atoms with Crippen molar-refractivity contribution < 1.29 is 36.3 Å². The lowest BCUT2D eigenvalue weighted by molar-refractivity contribution is -0.146. The molecule has 0 aromatic heterocycles. The predicted molar refractivity (Wildman–Crippen MR) is 199 cm³/mol. The minimum atomic E-state index is -4.31. The van der Waals surface area contributed by atoms with Crippen molar-refractivity contribution in [2.45, 2.75) is 37.9 Å². The van der Waals surface area contributed by atoms with Crippen molar-refractivity contribution in [2.24, 2.45) is 0 Å². The van der Waals surface area contributed by atoms with E-state index in [4.69, 9.17) is 27.9 Å². The third kappa shape index (κ3) is 10.8. The van der Waals surface area contributed by atoms with E-state index in [0.29, 0.717) is 21.7 Å². The fourth-order valence-corrected chi connectivity index (χ4v) is 8.01. The van der Waals surface area contributed by atoms with Crippen LogP contribution in [0.4, 0.5) is 14.5 Å². The first-order chi connectivity index (χ1) is 25.3. The molecular weight excluding hydrogens is 749 g/mol. The third-order valence-corrected chi connectivity index (χ3v) is 10.9. The number of carbonyl (C=O) groups is 3. The monoisotopic (exact) mass is 786 g/mol. The van der Waals surface area contributed by atoms with Crippen LogP contribution in [0.2, 0.25) is 10.0 Å². The number of nitrogens with one attached hydrogen (secondary N) is 2. The van der Waals surface area contributed by atoms with Crippen molar-refractivity contribution in [3.8, 4) is 0 Å². The highest BCUT2D eigenvalue weighted by Gasteiger charge is 2.42. The number of likely N-dealkylation sites (tertiary alicyclic amines) is 1. The molecule has 1 aliphatic rings. The Morgan fingerprint density at radius 3 is 2.00 bits per heavy atom. The number of anilines is 1. The molecule has 0 aliphatic carbocycles. The number of nitrogens with zero attached hydrogens (tertiary/aromatic N) is 2. The van der Waals surface area contributed by atoms with Crippen LogP contribution in [0.25, 0.3) is 0 Å². The molecule has 2 N–H and O–H groups in total. The molecule has 0 radical (unpaired) electrons. The lowest BCUT2D eigenvalue weighted by atomic mass is 9.93. The predicted octanol–water partition coefficient (Wildman–Crippen LogP) is 5.68. The minimum absolute atomic E-state index is 0.0585. The number of sulfonamides is 1. The first kappa shape index (κ1) is 39.6. The number of rotatable bonds is 16. The number of halogens is 4. The third-order valence-electron chi connectivity index (χ3n) is 8.56. The van der Waals surface area contributed by atoms with Gasteiger partial charge in [-0.15, -0.1) is 0 Å². The quantitative estimate of drug-likeness (QED) is 0.111. The summed E-state index contributed by atoms with van der Waals surface area (Å²) in [6.07, 6.45) is -0.543. The van der Waals surface area contributed by atoms with Gasteiger partial charge in [0.15, 0.2) is 0 Å². The zero-order valence-electron chi connectivity index (χ0n) is 28.7. The van der Waals surface area contributed by atoms with E-state index in [1.165, 1.54) is 0 Å². The molecular formula is C38H38Cl2F2N4O6S. The first-order valence-corrected chi connectivity index (χ1v) is 19.2. The Balaban J connectivity index is 1.33. The summed E-state index contributed by atoms with van der Waals surface area (Å²) in [6.45, 7) is 1.69. The van der Waals surface area contributed by atoms with Crippen LogP contribution in [0.5, 0.6) is 0 Å². The van der Waals surface area contributed by atoms with Gasteiger partial charge in [-0.3, -0.25) is 23.6 Å². The summed E-state index contributed by atoms with van der Waals surface area (Å²) in [5.74, 6) is -4.71. The van der Waals surface area contributed by atoms with Gasteiger partial charge < -0.3 is 15.4 Å². The second-order valence-corrected chi connectivity index (χ2v) is 15.3. The van der Waals surface area contributed by atoms with Gasteiger partial charge in [-0.05, 0) is 60.0 Å². The fraction of sp³-hybridized carbons (Fsp3) is 0.289. The minimum Gasteiger partial charge on any atom is -0.466 e. The van der Waals surface area contributed by atoms with E-state index in [1.807, 2.05) is 29.2 Å². The summed E-state index contributed by atoms with van der Waals surface area (Å²) in [5.41, 5.74) is 2.30. The van der Waals surface area contributed by atoms with E-state index < -0.39 is 63.7 Å². The van der Waals surface area contributed by atoms with Crippen LogP contribution in [-0.4, -0.2) is 75.2 Å². The van der Waals surface area contributed by atoms with Crippen LogP contribution in [0.1, 0.15) is 36.1 Å². The number of benzene rings is 4. The van der Waals surface area contributed by atoms with Crippen molar-refractivity contribution in [1.82, 2.24) is 15.5 Å². The standard InChI is InChI=1S/C38H38Cl2F2N4O6S/c1-2-52-36(48)22-35(47)44-34(18-25-6-4-3-5-7-25)38(49)43-16-17-53(50,51)46(32-20-30(41)19-31(42)21-32)33-23-45(24-33)37(26-8-12-28(39)13-9-26)27-10-14-29(40)15-11-27/h3-15,19-21,33-34,37H,2,16-18,22-24H2,1H3,(H,43,49)(H,44,47). The fourth-order valence-electron chi connectivity index (χ4n) is 6.19. The number of esters is 1. The Labute approximate surface area is 317 Å². The highest BCUT2D eigenvalue weighted by molar-refractivity contribution is 7.92. The largest absolute Gasteiger partial charge is 0.466 e. The lowest BCUT2D eigenvalue weighted by Gasteiger charge is -2.49. The number of ether oxygens (including phenoxy) is 1. The van der Waals surface area contributed by atoms with Crippen LogP contribution >= 0.6 is 23.2 Å². The van der Waals surface area contributed by atoms with Gasteiger partial charge in [0.1, 0.15) is 24.1 Å². The van der Waals surface area contributed by atoms with Gasteiger partial charge in [0.05, 0.1) is 30.1 Å². The average molecular weight is 788 g/mol. The van der Waals surface area contributed by atoms with Gasteiger partial charge in [0.2, 0.25) is 21.8 Å². The van der Waals surface area contributed by atoms with Crippen molar-refractivity contribution in [3.63, 3.8) is 0 Å². The van der Waals surface area contributed by atoms with Crippen molar-refractivity contribution >= 4 is 56.7 Å². The molecule has 2 amide bonds. The molecule has 1 saturated heterocycles. The summed E-state index contributed by atoms with van der Waals surface area (Å²) >= 11 is 12.3. The Hall–Kier alpha value is -4.56. The van der Waals surface area contributed by atoms with Crippen LogP contribution in [-0.2, 0) is 35.6 Å². The van der Waals surface area contributed by atoms with Crippen LogP contribution < -0.4 is 14.9 Å². The molecule has 280 valence electrons. The molecule has 10 nitrogen and oxygen atoms in total. The van der Waals surface area contributed by atoms with E-state index in [9.17, 15) is 31.6 Å². The summed E-state index contributed by atoms with van der Waals surface area (Å²) in [5, 5.41) is 6.20. The molecule has 0 bridgehead atoms. The zero-order valence-corrected chi connectivity index (χ0v) is 31.0. The highest BCUT2D eigenvalue weighted by Crippen LogP contribution is 2.37. The molecule has 0 spiro atoms. The average Bonchev–Trinajstić information content (AvgIpc) is 3.08. The van der Waals surface area contributed by atoms with E-state index in [1.54, 1.807) is 61.5 Å². The first-order valence-electron chi connectivity index (χ1n) is 16.8. The summed E-state index contributed by atoms with van der Waals surface area (Å²) < 4.78 is 62.9. The zero-order chi connectivity index (χ0) is 38.1. The van der Waals surface area contributed by atoms with Gasteiger partial charge in [-0.25, -0.2) is 17.2 Å². The maximum absolute atomic E-state index is 14.5. The second kappa shape index (κ2) is 18.0. The summed E-state index contributed by atoms with van der Waals surface area (Å²) in [7, 11) is -4.31. The van der Waals surface area contributed by atoms with Gasteiger partial charge in [0, 0.05) is 42.2 Å². The Morgan fingerprint density at radius 2 is 1.45 bits per heavy atom. The highest BCUT2D eigenvalue weighted by atomic mass is 35.5. The second-order valence-electron chi connectivity index (χ2n) is 12.4. The lowest BCUT2D eigenvalue weighted by Crippen LogP contribution is -2.62. The van der Waals surface area contributed by atoms with Gasteiger partial charge in [0.25, 0.3) is 0 Å². The Morgan fingerprint density at radius 1 is 0.887 bits per heavy atom. The molecule has 4 aromatic rings. The van der Waals surface area contributed by atoms with Crippen LogP contribution in [0.15, 0.2) is 97.1 Å². The molecule has 1 fully saturated rings. The van der Waals surface area contributed by atoms with Crippen LogP contribution in [0, 0.1) is 11.6 Å². The van der Waals surface area contributed by atoms with Crippen LogP contribution in [0.3, 0.4) is 0 Å². The van der Waals surface area contributed by atoms with Crippen molar-refractivity contribution in [2.75, 3.05) is 36.3 Å². The van der Waals surface area contributed by atoms with E-state index in [-0.39, 0.29) is 44.4 Å². The molecule has 53 heavy (non-hydrogen) atoms. The topological polar surface area (TPSA) is 125 Å². The summed E-state index contributed by atoms with van der Waals surface area (Å²) in [6, 6.07) is 23.7. The van der Waals surface area contributed by atoms with Gasteiger partial charge in [-0.2, -0.15) is 0 Å². The molecule has 1 atom stereocenters. The molecule has 0 saturated carbocycles. The van der Waals surface area contributed by atoms with E-state index in [0.717, 1.165) is 27.6 Å². The maximum atomic E-state index is 14.5. The van der Waals surface area contributed by atoms with Gasteiger partial charge in [-0.1, -0.05) is 77.8 Å². The van der Waals surface area contributed by atoms with Crippen molar-refractivity contribution in [3.05, 3.63) is 135 Å². The number of amides is 2. The normalized spacial score (nSPS) is 13.9. The molecule has 15 heteroatoms. The molecule has 1 heterocycles. The van der Waals surface area contributed by atoms with Crippen molar-refractivity contribution in [1.29, 1.82) is 0 Å². The van der Waals surface area contributed by atoms with E-state index >= 15 is 0 Å². The van der Waals surface area contributed by atoms with E-state index in [2.05, 4.69) is 10.6 Å². The number of hydrogen-bond donors (Lipinski definition) is 2. The SMILES string of the molecule is CCOC(=O)CC(=O)NC(Cc1ccccc1)C(=O)NCCS(=O)(=O)N(c1cc(F)cc(F)c1)C1CN(C(c2ccc(Cl)cc2)c2ccc(Cl)cc2)C1. The molecule has 1 aliphatic heterocycles. The smallest absolute Gasteiger partial charge is 0.315 e. The molecule has 1 unspecified atom stereocenters. The maximum Gasteiger partial charge on any atom is 0.315 e. The number of hydrogen-bond acceptors (Lipinski definition) is 7. The molecule has 5 rings (SSSR count). The summed E-state index contributed by atoms with van der Waals surface area (Å²) in [4.78, 5) is 39.9. The molecule has 4 aromatic carbocycles.